The first-order valence-corrected chi connectivity index (χ1v) is 7.83. The van der Waals surface area contributed by atoms with Crippen LogP contribution in [0.25, 0.3) is 11.0 Å². The van der Waals surface area contributed by atoms with E-state index in [0.717, 1.165) is 0 Å². The first kappa shape index (κ1) is 17.8. The summed E-state index contributed by atoms with van der Waals surface area (Å²) in [5, 5.41) is -0.0277. The number of ether oxygens (including phenoxy) is 2. The minimum absolute atomic E-state index is 0.0277. The Balaban J connectivity index is 2.19. The van der Waals surface area contributed by atoms with Crippen molar-refractivity contribution < 1.29 is 27.1 Å². The molecule has 0 radical (unpaired) electrons. The van der Waals surface area contributed by atoms with Crippen LogP contribution in [0.2, 0.25) is 0 Å². The summed E-state index contributed by atoms with van der Waals surface area (Å²) in [4.78, 5) is 12.6. The monoisotopic (exact) mass is 364 g/mol. The topological polar surface area (TPSA) is 48.7 Å². The van der Waals surface area contributed by atoms with Crippen molar-refractivity contribution in [1.82, 2.24) is 0 Å². The molecule has 0 spiro atoms. The number of alkyl halides is 3. The zero-order valence-electron chi connectivity index (χ0n) is 14.0. The third-order valence-electron chi connectivity index (χ3n) is 3.41. The molecule has 0 saturated carbocycles. The predicted molar refractivity (Wildman–Crippen MR) is 89.8 cm³/mol. The minimum atomic E-state index is -4.90. The smallest absolute Gasteiger partial charge is 0.453 e. The lowest BCUT2D eigenvalue weighted by Crippen LogP contribution is -2.15. The van der Waals surface area contributed by atoms with Crippen LogP contribution in [0.3, 0.4) is 0 Å². The van der Waals surface area contributed by atoms with Crippen molar-refractivity contribution in [3.8, 4) is 17.2 Å². The molecule has 3 aromatic rings. The average molecular weight is 364 g/mol. The Morgan fingerprint density at radius 1 is 1.00 bits per heavy atom. The Bertz CT molecular complexity index is 976. The van der Waals surface area contributed by atoms with Gasteiger partial charge in [-0.05, 0) is 38.1 Å². The Hall–Kier alpha value is -2.96. The fraction of sp³-hybridized carbons (Fsp3) is 0.211. The molecule has 0 aliphatic carbocycles. The van der Waals surface area contributed by atoms with Gasteiger partial charge in [0.2, 0.25) is 11.2 Å². The van der Waals surface area contributed by atoms with Crippen molar-refractivity contribution in [3.05, 3.63) is 64.5 Å². The van der Waals surface area contributed by atoms with E-state index in [-0.39, 0.29) is 22.8 Å². The molecule has 0 aliphatic heterocycles. The molecule has 0 bridgehead atoms. The van der Waals surface area contributed by atoms with Crippen molar-refractivity contribution >= 4 is 11.0 Å². The molecular formula is C19H15F3O4. The SMILES string of the molecule is CC(C)Oc1ccc2c(=O)c(Oc3ccccc3)c(C(F)(F)F)oc2c1. The summed E-state index contributed by atoms with van der Waals surface area (Å²) in [6, 6.07) is 11.9. The second-order valence-corrected chi connectivity index (χ2v) is 5.83. The van der Waals surface area contributed by atoms with Gasteiger partial charge in [-0.15, -0.1) is 0 Å². The second kappa shape index (κ2) is 6.74. The quantitative estimate of drug-likeness (QED) is 0.623. The molecule has 136 valence electrons. The molecule has 2 aromatic carbocycles. The molecule has 1 aromatic heterocycles. The standard InChI is InChI=1S/C19H15F3O4/c1-11(2)24-13-8-9-14-15(10-13)26-18(19(20,21)22)17(16(14)23)25-12-6-4-3-5-7-12/h3-11H,1-2H3. The van der Waals surface area contributed by atoms with Gasteiger partial charge in [-0.25, -0.2) is 0 Å². The van der Waals surface area contributed by atoms with Crippen LogP contribution in [0.5, 0.6) is 17.2 Å². The van der Waals surface area contributed by atoms with E-state index in [1.807, 2.05) is 0 Å². The first-order chi connectivity index (χ1) is 12.3. The number of halogens is 3. The Morgan fingerprint density at radius 3 is 2.31 bits per heavy atom. The second-order valence-electron chi connectivity index (χ2n) is 5.83. The van der Waals surface area contributed by atoms with Crippen LogP contribution in [-0.4, -0.2) is 6.10 Å². The van der Waals surface area contributed by atoms with Gasteiger partial charge in [-0.3, -0.25) is 4.79 Å². The number of hydrogen-bond acceptors (Lipinski definition) is 4. The Kier molecular flexibility index (Phi) is 4.63. The molecule has 0 saturated heterocycles. The molecule has 0 unspecified atom stereocenters. The summed E-state index contributed by atoms with van der Waals surface area (Å²) in [6.07, 6.45) is -5.08. The molecule has 0 atom stereocenters. The molecule has 3 rings (SSSR count). The molecule has 26 heavy (non-hydrogen) atoms. The molecule has 0 aliphatic rings. The summed E-state index contributed by atoms with van der Waals surface area (Å²) in [7, 11) is 0. The van der Waals surface area contributed by atoms with Crippen LogP contribution in [0.4, 0.5) is 13.2 Å². The maximum absolute atomic E-state index is 13.4. The maximum atomic E-state index is 13.4. The van der Waals surface area contributed by atoms with Crippen molar-refractivity contribution in [3.63, 3.8) is 0 Å². The van der Waals surface area contributed by atoms with Crippen molar-refractivity contribution in [2.45, 2.75) is 26.1 Å². The van der Waals surface area contributed by atoms with E-state index in [1.54, 1.807) is 32.0 Å². The lowest BCUT2D eigenvalue weighted by Gasteiger charge is -2.14. The van der Waals surface area contributed by atoms with Crippen LogP contribution in [0, 0.1) is 0 Å². The minimum Gasteiger partial charge on any atom is -0.491 e. The van der Waals surface area contributed by atoms with Gasteiger partial charge >= 0.3 is 6.18 Å². The summed E-state index contributed by atoms with van der Waals surface area (Å²) in [5.41, 5.74) is -1.13. The molecule has 0 fully saturated rings. The van der Waals surface area contributed by atoms with Crippen LogP contribution in [-0.2, 0) is 6.18 Å². The third kappa shape index (κ3) is 3.66. The highest BCUT2D eigenvalue weighted by molar-refractivity contribution is 5.79. The summed E-state index contributed by atoms with van der Waals surface area (Å²) < 4.78 is 55.9. The van der Waals surface area contributed by atoms with Crippen molar-refractivity contribution in [2.24, 2.45) is 0 Å². The van der Waals surface area contributed by atoms with E-state index in [1.165, 1.54) is 30.3 Å². The zero-order chi connectivity index (χ0) is 18.9. The lowest BCUT2D eigenvalue weighted by atomic mass is 10.2. The van der Waals surface area contributed by atoms with Gasteiger partial charge in [0.25, 0.3) is 5.76 Å². The number of para-hydroxylation sites is 1. The maximum Gasteiger partial charge on any atom is 0.453 e. The van der Waals surface area contributed by atoms with Gasteiger partial charge < -0.3 is 13.9 Å². The number of rotatable bonds is 4. The molecular weight excluding hydrogens is 349 g/mol. The summed E-state index contributed by atoms with van der Waals surface area (Å²) in [5.74, 6) is -1.97. The Labute approximate surface area is 146 Å². The van der Waals surface area contributed by atoms with Gasteiger partial charge in [-0.2, -0.15) is 13.2 Å². The normalized spacial score (nSPS) is 11.8. The Morgan fingerprint density at radius 2 is 1.69 bits per heavy atom. The van der Waals surface area contributed by atoms with Gasteiger partial charge in [0.15, 0.2) is 0 Å². The predicted octanol–water partition coefficient (Wildman–Crippen LogP) is 5.39. The largest absolute Gasteiger partial charge is 0.491 e. The molecule has 0 amide bonds. The number of benzene rings is 2. The van der Waals surface area contributed by atoms with Gasteiger partial charge in [0, 0.05) is 6.07 Å². The summed E-state index contributed by atoms with van der Waals surface area (Å²) in [6.45, 7) is 3.55. The lowest BCUT2D eigenvalue weighted by molar-refractivity contribution is -0.154. The number of fused-ring (bicyclic) bond motifs is 1. The van der Waals surface area contributed by atoms with Crippen LogP contribution < -0.4 is 14.9 Å². The van der Waals surface area contributed by atoms with E-state index in [4.69, 9.17) is 13.9 Å². The van der Waals surface area contributed by atoms with Gasteiger partial charge in [0.1, 0.15) is 17.1 Å². The van der Waals surface area contributed by atoms with Gasteiger partial charge in [0.05, 0.1) is 11.5 Å². The third-order valence-corrected chi connectivity index (χ3v) is 3.41. The highest BCUT2D eigenvalue weighted by Crippen LogP contribution is 2.38. The molecule has 0 N–H and O–H groups in total. The van der Waals surface area contributed by atoms with Crippen LogP contribution in [0.1, 0.15) is 19.6 Å². The van der Waals surface area contributed by atoms with E-state index < -0.39 is 23.1 Å². The van der Waals surface area contributed by atoms with Crippen LogP contribution in [0.15, 0.2) is 57.7 Å². The van der Waals surface area contributed by atoms with Crippen molar-refractivity contribution in [2.75, 3.05) is 0 Å². The highest BCUT2D eigenvalue weighted by Gasteiger charge is 2.40. The fourth-order valence-electron chi connectivity index (χ4n) is 2.39. The van der Waals surface area contributed by atoms with Gasteiger partial charge in [-0.1, -0.05) is 18.2 Å². The van der Waals surface area contributed by atoms with Crippen molar-refractivity contribution in [1.29, 1.82) is 0 Å². The van der Waals surface area contributed by atoms with E-state index in [0.29, 0.717) is 5.75 Å². The molecule has 4 nitrogen and oxygen atoms in total. The number of hydrogen-bond donors (Lipinski definition) is 0. The highest BCUT2D eigenvalue weighted by atomic mass is 19.4. The van der Waals surface area contributed by atoms with E-state index in [9.17, 15) is 18.0 Å². The fourth-order valence-corrected chi connectivity index (χ4v) is 2.39. The first-order valence-electron chi connectivity index (χ1n) is 7.83. The average Bonchev–Trinajstić information content (AvgIpc) is 2.56. The molecule has 7 heteroatoms. The van der Waals surface area contributed by atoms with E-state index in [2.05, 4.69) is 0 Å². The van der Waals surface area contributed by atoms with Crippen LogP contribution >= 0.6 is 0 Å². The summed E-state index contributed by atoms with van der Waals surface area (Å²) >= 11 is 0. The van der Waals surface area contributed by atoms with E-state index >= 15 is 0 Å². The molecule has 1 heterocycles. The zero-order valence-corrected chi connectivity index (χ0v) is 14.0.